The van der Waals surface area contributed by atoms with E-state index < -0.39 is 6.03 Å². The Hall–Kier alpha value is -3.63. The highest BCUT2D eigenvalue weighted by Gasteiger charge is 2.17. The molecule has 11 heteroatoms. The average Bonchev–Trinajstić information content (AvgIpc) is 2.79. The minimum atomic E-state index is -0.492. The van der Waals surface area contributed by atoms with Gasteiger partial charge in [0.1, 0.15) is 0 Å². The standard InChI is InChI=1S/C20H21ClN8O2/c21-14-5-4-8-16(13-14)23-20(30)28-27-18-24-17(22-15-6-2-1-3-7-15)25-19(26-18)29-9-11-31-12-10-29/h1-8,13H,9-12H2,(H2,23,28,30)(H2,22,24,25,26,27). The number of morpholine rings is 1. The minimum absolute atomic E-state index is 0.191. The van der Waals surface area contributed by atoms with Gasteiger partial charge in [0, 0.05) is 29.5 Å². The number of ether oxygens (including phenoxy) is 1. The number of amides is 2. The van der Waals surface area contributed by atoms with Crippen molar-refractivity contribution in [1.82, 2.24) is 20.4 Å². The number of carbonyl (C=O) groups is 1. The molecule has 0 spiro atoms. The monoisotopic (exact) mass is 440 g/mol. The van der Waals surface area contributed by atoms with E-state index in [-0.39, 0.29) is 5.95 Å². The molecule has 160 valence electrons. The number of aromatic nitrogens is 3. The van der Waals surface area contributed by atoms with Crippen molar-refractivity contribution >= 4 is 46.9 Å². The molecule has 2 heterocycles. The Kier molecular flexibility index (Phi) is 6.60. The molecular formula is C20H21ClN8O2. The van der Waals surface area contributed by atoms with Crippen molar-refractivity contribution < 1.29 is 9.53 Å². The van der Waals surface area contributed by atoms with Crippen LogP contribution in [0.2, 0.25) is 5.02 Å². The van der Waals surface area contributed by atoms with Crippen molar-refractivity contribution in [1.29, 1.82) is 0 Å². The molecule has 0 aliphatic carbocycles. The first-order valence-corrected chi connectivity index (χ1v) is 10.0. The zero-order valence-corrected chi connectivity index (χ0v) is 17.3. The number of carbonyl (C=O) groups excluding carboxylic acids is 1. The molecule has 0 radical (unpaired) electrons. The second kappa shape index (κ2) is 9.92. The van der Waals surface area contributed by atoms with Crippen molar-refractivity contribution in [2.24, 2.45) is 0 Å². The number of hydrogen-bond donors (Lipinski definition) is 4. The molecule has 10 nitrogen and oxygen atoms in total. The van der Waals surface area contributed by atoms with E-state index in [4.69, 9.17) is 16.3 Å². The molecule has 3 aromatic rings. The Morgan fingerprint density at radius 2 is 1.68 bits per heavy atom. The second-order valence-corrected chi connectivity index (χ2v) is 7.02. The van der Waals surface area contributed by atoms with E-state index in [1.54, 1.807) is 24.3 Å². The number of nitrogens with zero attached hydrogens (tertiary/aromatic N) is 4. The average molecular weight is 441 g/mol. The molecule has 2 amide bonds. The summed E-state index contributed by atoms with van der Waals surface area (Å²) in [5.41, 5.74) is 6.64. The highest BCUT2D eigenvalue weighted by atomic mass is 35.5. The predicted molar refractivity (Wildman–Crippen MR) is 120 cm³/mol. The van der Waals surface area contributed by atoms with Gasteiger partial charge in [0.25, 0.3) is 0 Å². The van der Waals surface area contributed by atoms with Gasteiger partial charge >= 0.3 is 6.03 Å². The third kappa shape index (κ3) is 5.93. The molecule has 1 aromatic heterocycles. The summed E-state index contributed by atoms with van der Waals surface area (Å²) in [5, 5.41) is 6.35. The van der Waals surface area contributed by atoms with Gasteiger partial charge in [-0.1, -0.05) is 35.9 Å². The summed E-state index contributed by atoms with van der Waals surface area (Å²) in [6.07, 6.45) is 0. The van der Waals surface area contributed by atoms with Crippen molar-refractivity contribution in [3.8, 4) is 0 Å². The number of anilines is 5. The first-order valence-electron chi connectivity index (χ1n) is 9.65. The third-order valence-electron chi connectivity index (χ3n) is 4.32. The highest BCUT2D eigenvalue weighted by Crippen LogP contribution is 2.18. The summed E-state index contributed by atoms with van der Waals surface area (Å²) >= 11 is 5.94. The molecule has 1 saturated heterocycles. The van der Waals surface area contributed by atoms with Crippen LogP contribution in [0.4, 0.5) is 34.0 Å². The lowest BCUT2D eigenvalue weighted by Gasteiger charge is -2.27. The molecule has 31 heavy (non-hydrogen) atoms. The number of nitrogens with one attached hydrogen (secondary N) is 4. The number of urea groups is 1. The number of halogens is 1. The molecule has 0 saturated carbocycles. The molecule has 4 N–H and O–H groups in total. The molecule has 1 aliphatic heterocycles. The number of hydrogen-bond acceptors (Lipinski definition) is 8. The lowest BCUT2D eigenvalue weighted by atomic mass is 10.3. The summed E-state index contributed by atoms with van der Waals surface area (Å²) in [5.74, 6) is 1.02. The van der Waals surface area contributed by atoms with Gasteiger partial charge in [0.05, 0.1) is 13.2 Å². The highest BCUT2D eigenvalue weighted by molar-refractivity contribution is 6.30. The van der Waals surface area contributed by atoms with Crippen molar-refractivity contribution in [2.75, 3.05) is 47.3 Å². The van der Waals surface area contributed by atoms with Gasteiger partial charge in [-0.05, 0) is 30.3 Å². The Morgan fingerprint density at radius 3 is 2.45 bits per heavy atom. The second-order valence-electron chi connectivity index (χ2n) is 6.59. The molecule has 4 rings (SSSR count). The molecular weight excluding hydrogens is 420 g/mol. The largest absolute Gasteiger partial charge is 0.378 e. The minimum Gasteiger partial charge on any atom is -0.378 e. The third-order valence-corrected chi connectivity index (χ3v) is 4.55. The van der Waals surface area contributed by atoms with Crippen LogP contribution in [0, 0.1) is 0 Å². The van der Waals surface area contributed by atoms with Crippen LogP contribution in [-0.2, 0) is 4.74 Å². The van der Waals surface area contributed by atoms with Crippen LogP contribution < -0.4 is 26.4 Å². The fraction of sp³-hybridized carbons (Fsp3) is 0.200. The first-order chi connectivity index (χ1) is 15.2. The maximum atomic E-state index is 12.2. The van der Waals surface area contributed by atoms with E-state index >= 15 is 0 Å². The van der Waals surface area contributed by atoms with Gasteiger partial charge in [-0.3, -0.25) is 5.43 Å². The van der Waals surface area contributed by atoms with Crippen LogP contribution in [-0.4, -0.2) is 47.3 Å². The fourth-order valence-corrected chi connectivity index (χ4v) is 3.06. The molecule has 1 aliphatic rings. The number of hydrazine groups is 1. The Bertz CT molecular complexity index is 1030. The van der Waals surface area contributed by atoms with E-state index in [1.807, 2.05) is 35.2 Å². The zero-order valence-electron chi connectivity index (χ0n) is 16.5. The lowest BCUT2D eigenvalue weighted by molar-refractivity contribution is 0.122. The van der Waals surface area contributed by atoms with E-state index in [0.29, 0.717) is 48.9 Å². The van der Waals surface area contributed by atoms with Crippen LogP contribution in [0.15, 0.2) is 54.6 Å². The number of benzene rings is 2. The van der Waals surface area contributed by atoms with E-state index in [2.05, 4.69) is 36.4 Å². The maximum Gasteiger partial charge on any atom is 0.337 e. The van der Waals surface area contributed by atoms with Crippen LogP contribution in [0.3, 0.4) is 0 Å². The quantitative estimate of drug-likeness (QED) is 0.431. The topological polar surface area (TPSA) is 116 Å². The summed E-state index contributed by atoms with van der Waals surface area (Å²) in [6, 6.07) is 15.9. The van der Waals surface area contributed by atoms with E-state index in [9.17, 15) is 4.79 Å². The molecule has 1 fully saturated rings. The normalized spacial score (nSPS) is 13.4. The van der Waals surface area contributed by atoms with Crippen molar-refractivity contribution in [2.45, 2.75) is 0 Å². The van der Waals surface area contributed by atoms with Crippen LogP contribution in [0.25, 0.3) is 0 Å². The summed E-state index contributed by atoms with van der Waals surface area (Å²) in [7, 11) is 0. The van der Waals surface area contributed by atoms with Gasteiger partial charge in [-0.2, -0.15) is 15.0 Å². The predicted octanol–water partition coefficient (Wildman–Crippen LogP) is 3.25. The molecule has 0 atom stereocenters. The van der Waals surface area contributed by atoms with Crippen LogP contribution in [0.5, 0.6) is 0 Å². The fourth-order valence-electron chi connectivity index (χ4n) is 2.87. The summed E-state index contributed by atoms with van der Waals surface area (Å²) in [4.78, 5) is 27.5. The maximum absolute atomic E-state index is 12.2. The number of para-hydroxylation sites is 1. The zero-order chi connectivity index (χ0) is 21.5. The number of rotatable bonds is 6. The lowest BCUT2D eigenvalue weighted by Crippen LogP contribution is -2.38. The summed E-state index contributed by atoms with van der Waals surface area (Å²) in [6.45, 7) is 2.51. The van der Waals surface area contributed by atoms with E-state index in [1.165, 1.54) is 0 Å². The molecule has 0 bridgehead atoms. The van der Waals surface area contributed by atoms with Crippen molar-refractivity contribution in [3.63, 3.8) is 0 Å². The van der Waals surface area contributed by atoms with Gasteiger partial charge < -0.3 is 20.3 Å². The molecule has 2 aromatic carbocycles. The Labute approximate surface area is 184 Å². The van der Waals surface area contributed by atoms with Gasteiger partial charge in [0.2, 0.25) is 17.8 Å². The summed E-state index contributed by atoms with van der Waals surface area (Å²) < 4.78 is 5.40. The van der Waals surface area contributed by atoms with Crippen molar-refractivity contribution in [3.05, 3.63) is 59.6 Å². The van der Waals surface area contributed by atoms with Crippen LogP contribution in [0.1, 0.15) is 0 Å². The molecule has 0 unspecified atom stereocenters. The van der Waals surface area contributed by atoms with Gasteiger partial charge in [-0.15, -0.1) is 0 Å². The van der Waals surface area contributed by atoms with E-state index in [0.717, 1.165) is 5.69 Å². The SMILES string of the molecule is O=C(NNc1nc(Nc2ccccc2)nc(N2CCOCC2)n1)Nc1cccc(Cl)c1. The van der Waals surface area contributed by atoms with Crippen LogP contribution >= 0.6 is 11.6 Å². The van der Waals surface area contributed by atoms with Gasteiger partial charge in [-0.25, -0.2) is 10.2 Å². The Balaban J connectivity index is 1.48. The first kappa shape index (κ1) is 20.6. The van der Waals surface area contributed by atoms with Gasteiger partial charge in [0.15, 0.2) is 0 Å². The Morgan fingerprint density at radius 1 is 0.935 bits per heavy atom. The smallest absolute Gasteiger partial charge is 0.337 e.